The van der Waals surface area contributed by atoms with Gasteiger partial charge in [0, 0.05) is 6.54 Å². The first kappa shape index (κ1) is 22.1. The van der Waals surface area contributed by atoms with Gasteiger partial charge >= 0.3 is 0 Å². The first-order valence-corrected chi connectivity index (χ1v) is 12.2. The normalized spacial score (nSPS) is 43.5. The molecule has 4 aliphatic rings. The average Bonchev–Trinajstić information content (AvgIpc) is 3.04. The topological polar surface area (TPSA) is 45.1 Å². The second kappa shape index (κ2) is 8.78. The van der Waals surface area contributed by atoms with E-state index in [0.717, 1.165) is 37.1 Å². The smallest absolute Gasteiger partial charge is 0.129 e. The van der Waals surface area contributed by atoms with Gasteiger partial charge in [-0.1, -0.05) is 36.7 Å². The highest BCUT2D eigenvalue weighted by molar-refractivity contribution is 5.70. The number of hydrogen-bond acceptors (Lipinski definition) is 4. The molecule has 4 rings (SSSR count). The van der Waals surface area contributed by atoms with Crippen molar-refractivity contribution in [3.8, 4) is 0 Å². The molecule has 0 spiro atoms. The Balaban J connectivity index is 1.40. The highest BCUT2D eigenvalue weighted by atomic mass is 16.6. The highest BCUT2D eigenvalue weighted by Crippen LogP contribution is 2.66. The Morgan fingerprint density at radius 3 is 2.80 bits per heavy atom. The number of oxime groups is 1. The van der Waals surface area contributed by atoms with Crippen molar-refractivity contribution < 1.29 is 9.94 Å². The molecule has 30 heavy (non-hydrogen) atoms. The summed E-state index contributed by atoms with van der Waals surface area (Å²) in [6.07, 6.45) is 18.5. The molecule has 168 valence electrons. The number of hydrogen-bond donors (Lipinski definition) is 1. The molecule has 4 heteroatoms. The van der Waals surface area contributed by atoms with Gasteiger partial charge in [0.05, 0.1) is 12.3 Å². The Morgan fingerprint density at radius 1 is 1.17 bits per heavy atom. The lowest BCUT2D eigenvalue weighted by atomic mass is 9.47. The Hall–Kier alpha value is -1.13. The van der Waals surface area contributed by atoms with Gasteiger partial charge in [-0.2, -0.15) is 0 Å². The lowest BCUT2D eigenvalue weighted by molar-refractivity contribution is -0.0442. The molecule has 0 heterocycles. The summed E-state index contributed by atoms with van der Waals surface area (Å²) in [5.74, 6) is 3.13. The van der Waals surface area contributed by atoms with Gasteiger partial charge in [0.15, 0.2) is 0 Å². The van der Waals surface area contributed by atoms with Crippen LogP contribution in [0.15, 0.2) is 29.0 Å². The van der Waals surface area contributed by atoms with Crippen LogP contribution in [0, 0.1) is 34.5 Å². The van der Waals surface area contributed by atoms with Crippen molar-refractivity contribution in [1.82, 2.24) is 4.90 Å². The zero-order chi connectivity index (χ0) is 21.4. The van der Waals surface area contributed by atoms with Crippen LogP contribution in [0.4, 0.5) is 0 Å². The SMILES string of the molecule is CN(C)CCO/N=C/C=C/[C@H]1CC[C@H]2[C@@H]3CC=C4C[C@@H](O)CC[C@]4(C)[C@H]3CC[C@]12C. The molecule has 0 aromatic rings. The standard InChI is InChI=1S/C26H42N2O2/c1-25-14-12-24-22(9-7-20-18-21(29)11-13-26(20,24)2)23(25)10-8-19(25)6-5-15-27-30-17-16-28(3)4/h5-7,15,19,21-24,29H,8-14,16-18H2,1-4H3/b6-5+,27-15+/t19-,21-,22-,23-,24-,25+,26-/m0/s1. The van der Waals surface area contributed by atoms with Gasteiger partial charge in [-0.3, -0.25) is 0 Å². The maximum Gasteiger partial charge on any atom is 0.129 e. The predicted octanol–water partition coefficient (Wildman–Crippen LogP) is 5.05. The number of likely N-dealkylation sites (N-methyl/N-ethyl adjacent to an activating group) is 1. The monoisotopic (exact) mass is 414 g/mol. The third-order valence-corrected chi connectivity index (χ3v) is 9.35. The van der Waals surface area contributed by atoms with Crippen LogP contribution >= 0.6 is 0 Å². The second-order valence-electron chi connectivity index (χ2n) is 11.2. The zero-order valence-electron chi connectivity index (χ0n) is 19.5. The quantitative estimate of drug-likeness (QED) is 0.286. The van der Waals surface area contributed by atoms with Crippen molar-refractivity contribution >= 4 is 6.21 Å². The summed E-state index contributed by atoms with van der Waals surface area (Å²) in [4.78, 5) is 7.43. The van der Waals surface area contributed by atoms with Crippen LogP contribution < -0.4 is 0 Å². The second-order valence-corrected chi connectivity index (χ2v) is 11.2. The molecule has 0 aromatic heterocycles. The first-order valence-electron chi connectivity index (χ1n) is 12.2. The van der Waals surface area contributed by atoms with Crippen LogP contribution in [0.1, 0.15) is 65.2 Å². The molecular formula is C26H42N2O2. The van der Waals surface area contributed by atoms with Gasteiger partial charge in [-0.25, -0.2) is 0 Å². The van der Waals surface area contributed by atoms with Gasteiger partial charge in [0.2, 0.25) is 0 Å². The van der Waals surface area contributed by atoms with E-state index in [-0.39, 0.29) is 6.10 Å². The molecule has 0 aromatic carbocycles. The molecule has 0 radical (unpaired) electrons. The minimum atomic E-state index is -0.107. The maximum absolute atomic E-state index is 10.2. The number of fused-ring (bicyclic) bond motifs is 5. The summed E-state index contributed by atoms with van der Waals surface area (Å²) < 4.78 is 0. The third kappa shape index (κ3) is 4.02. The summed E-state index contributed by atoms with van der Waals surface area (Å²) in [5, 5.41) is 14.3. The van der Waals surface area contributed by atoms with Gasteiger partial charge in [0.25, 0.3) is 0 Å². The minimum Gasteiger partial charge on any atom is -0.394 e. The molecule has 4 nitrogen and oxygen atoms in total. The third-order valence-electron chi connectivity index (χ3n) is 9.35. The summed E-state index contributed by atoms with van der Waals surface area (Å²) >= 11 is 0. The number of aliphatic hydroxyl groups is 1. The molecule has 0 bridgehead atoms. The lowest BCUT2D eigenvalue weighted by Crippen LogP contribution is -2.50. The fourth-order valence-corrected chi connectivity index (χ4v) is 7.54. The van der Waals surface area contributed by atoms with E-state index in [1.54, 1.807) is 5.57 Å². The van der Waals surface area contributed by atoms with Crippen molar-refractivity contribution in [3.63, 3.8) is 0 Å². The van der Waals surface area contributed by atoms with Crippen LogP contribution in [-0.2, 0) is 4.84 Å². The summed E-state index contributed by atoms with van der Waals surface area (Å²) in [6.45, 7) is 6.60. The molecule has 0 unspecified atom stereocenters. The number of allylic oxidation sites excluding steroid dienone is 3. The van der Waals surface area contributed by atoms with Crippen LogP contribution in [-0.4, -0.2) is 49.6 Å². The van der Waals surface area contributed by atoms with Crippen molar-refractivity contribution in [2.24, 2.45) is 39.7 Å². The molecule has 0 saturated heterocycles. The number of rotatable bonds is 6. The Morgan fingerprint density at radius 2 is 2.00 bits per heavy atom. The van der Waals surface area contributed by atoms with Crippen molar-refractivity contribution in [2.75, 3.05) is 27.2 Å². The van der Waals surface area contributed by atoms with Crippen molar-refractivity contribution in [2.45, 2.75) is 71.3 Å². The van der Waals surface area contributed by atoms with Gasteiger partial charge in [0.1, 0.15) is 6.61 Å². The van der Waals surface area contributed by atoms with Crippen LogP contribution in [0.2, 0.25) is 0 Å². The minimum absolute atomic E-state index is 0.107. The molecular weight excluding hydrogens is 372 g/mol. The predicted molar refractivity (Wildman–Crippen MR) is 123 cm³/mol. The Kier molecular flexibility index (Phi) is 6.46. The molecule has 3 saturated carbocycles. The molecule has 4 aliphatic carbocycles. The van der Waals surface area contributed by atoms with E-state index >= 15 is 0 Å². The molecule has 3 fully saturated rings. The van der Waals surface area contributed by atoms with Crippen LogP contribution in [0.25, 0.3) is 0 Å². The fraction of sp³-hybridized carbons (Fsp3) is 0.808. The van der Waals surface area contributed by atoms with Gasteiger partial charge in [-0.15, -0.1) is 0 Å². The molecule has 0 amide bonds. The average molecular weight is 415 g/mol. The Labute approximate surface area is 183 Å². The molecule has 7 atom stereocenters. The Bertz CT molecular complexity index is 699. The van der Waals surface area contributed by atoms with E-state index in [1.807, 2.05) is 20.3 Å². The van der Waals surface area contributed by atoms with Gasteiger partial charge < -0.3 is 14.8 Å². The van der Waals surface area contributed by atoms with E-state index < -0.39 is 0 Å². The van der Waals surface area contributed by atoms with E-state index in [1.165, 1.54) is 38.5 Å². The van der Waals surface area contributed by atoms with E-state index in [9.17, 15) is 5.11 Å². The zero-order valence-corrected chi connectivity index (χ0v) is 19.5. The van der Waals surface area contributed by atoms with E-state index in [4.69, 9.17) is 4.84 Å². The highest BCUT2D eigenvalue weighted by Gasteiger charge is 2.57. The molecule has 0 aliphatic heterocycles. The van der Waals surface area contributed by atoms with E-state index in [0.29, 0.717) is 23.4 Å². The van der Waals surface area contributed by atoms with Gasteiger partial charge in [-0.05, 0) is 106 Å². The maximum atomic E-state index is 10.2. The van der Waals surface area contributed by atoms with Crippen LogP contribution in [0.5, 0.6) is 0 Å². The molecule has 1 N–H and O–H groups in total. The lowest BCUT2D eigenvalue weighted by Gasteiger charge is -2.58. The van der Waals surface area contributed by atoms with Crippen molar-refractivity contribution in [1.29, 1.82) is 0 Å². The summed E-state index contributed by atoms with van der Waals surface area (Å²) in [5.41, 5.74) is 2.34. The summed E-state index contributed by atoms with van der Waals surface area (Å²) in [7, 11) is 4.08. The summed E-state index contributed by atoms with van der Waals surface area (Å²) in [6, 6.07) is 0. The number of aliphatic hydroxyl groups excluding tert-OH is 1. The largest absolute Gasteiger partial charge is 0.394 e. The number of nitrogens with zero attached hydrogens (tertiary/aromatic N) is 2. The first-order chi connectivity index (χ1) is 14.3. The van der Waals surface area contributed by atoms with Crippen LogP contribution in [0.3, 0.4) is 0 Å². The van der Waals surface area contributed by atoms with Crippen molar-refractivity contribution in [3.05, 3.63) is 23.8 Å². The fourth-order valence-electron chi connectivity index (χ4n) is 7.54. The van der Waals surface area contributed by atoms with E-state index in [2.05, 4.69) is 42.1 Å².